The fraction of sp³-hybridized carbons (Fsp3) is 0.588. The molecule has 132 valence electrons. The van der Waals surface area contributed by atoms with Gasteiger partial charge in [0.25, 0.3) is 0 Å². The molecule has 5 nitrogen and oxygen atoms in total. The first-order valence-electron chi connectivity index (χ1n) is 7.60. The number of guanidine groups is 1. The summed E-state index contributed by atoms with van der Waals surface area (Å²) >= 11 is 0. The highest BCUT2D eigenvalue weighted by atomic mass is 127. The standard InChI is InChI=1S/C17H30N4O.HI/c1-17(2,22-6)13-20-16(18-3)19-12-15(21(4)5)14-10-8-7-9-11-14;/h7-11,15H,12-13H2,1-6H3,(H2,18,19,20);1H. The fourth-order valence-corrected chi connectivity index (χ4v) is 2.06. The van der Waals surface area contributed by atoms with Crippen LogP contribution in [0, 0.1) is 0 Å². The molecule has 0 aromatic heterocycles. The molecular formula is C17H31IN4O. The van der Waals surface area contributed by atoms with Gasteiger partial charge in [0.1, 0.15) is 0 Å². The molecule has 1 unspecified atom stereocenters. The number of nitrogens with one attached hydrogen (secondary N) is 2. The molecule has 0 aliphatic carbocycles. The minimum Gasteiger partial charge on any atom is -0.377 e. The van der Waals surface area contributed by atoms with E-state index in [2.05, 4.69) is 58.9 Å². The zero-order valence-electron chi connectivity index (χ0n) is 15.1. The van der Waals surface area contributed by atoms with Gasteiger partial charge in [0.15, 0.2) is 5.96 Å². The number of ether oxygens (including phenoxy) is 1. The van der Waals surface area contributed by atoms with E-state index in [4.69, 9.17) is 4.74 Å². The van der Waals surface area contributed by atoms with E-state index in [1.54, 1.807) is 14.2 Å². The Balaban J connectivity index is 0.00000484. The SMILES string of the molecule is CN=C(NCC(c1ccccc1)N(C)C)NCC(C)(C)OC.I. The van der Waals surface area contributed by atoms with Gasteiger partial charge < -0.3 is 20.3 Å². The van der Waals surface area contributed by atoms with Gasteiger partial charge in [-0.2, -0.15) is 0 Å². The molecule has 1 atom stereocenters. The van der Waals surface area contributed by atoms with E-state index < -0.39 is 0 Å². The molecular weight excluding hydrogens is 403 g/mol. The Morgan fingerprint density at radius 1 is 1.22 bits per heavy atom. The maximum absolute atomic E-state index is 5.41. The van der Waals surface area contributed by atoms with Crippen LogP contribution in [0.3, 0.4) is 0 Å². The molecule has 0 aliphatic rings. The van der Waals surface area contributed by atoms with E-state index in [0.717, 1.165) is 12.5 Å². The first kappa shape index (κ1) is 22.1. The highest BCUT2D eigenvalue weighted by Crippen LogP contribution is 2.16. The highest BCUT2D eigenvalue weighted by Gasteiger charge is 2.18. The van der Waals surface area contributed by atoms with Crippen LogP contribution in [0.25, 0.3) is 0 Å². The van der Waals surface area contributed by atoms with Crippen molar-refractivity contribution in [3.8, 4) is 0 Å². The van der Waals surface area contributed by atoms with Gasteiger partial charge in [0.2, 0.25) is 0 Å². The van der Waals surface area contributed by atoms with Gasteiger partial charge in [-0.05, 0) is 33.5 Å². The monoisotopic (exact) mass is 434 g/mol. The third-order valence-electron chi connectivity index (χ3n) is 3.73. The predicted molar refractivity (Wildman–Crippen MR) is 109 cm³/mol. The minimum absolute atomic E-state index is 0. The van der Waals surface area contributed by atoms with Gasteiger partial charge in [0, 0.05) is 27.2 Å². The lowest BCUT2D eigenvalue weighted by molar-refractivity contribution is 0.0268. The van der Waals surface area contributed by atoms with Crippen molar-refractivity contribution in [1.29, 1.82) is 0 Å². The van der Waals surface area contributed by atoms with Gasteiger partial charge in [-0.3, -0.25) is 4.99 Å². The van der Waals surface area contributed by atoms with Crippen molar-refractivity contribution in [3.05, 3.63) is 35.9 Å². The summed E-state index contributed by atoms with van der Waals surface area (Å²) in [5.41, 5.74) is 1.06. The van der Waals surface area contributed by atoms with Crippen LogP contribution in [0.15, 0.2) is 35.3 Å². The normalized spacial score (nSPS) is 13.4. The van der Waals surface area contributed by atoms with Crippen LogP contribution in [0.1, 0.15) is 25.5 Å². The van der Waals surface area contributed by atoms with Crippen LogP contribution in [0.4, 0.5) is 0 Å². The lowest BCUT2D eigenvalue weighted by Crippen LogP contribution is -2.47. The second-order valence-corrected chi connectivity index (χ2v) is 6.16. The molecule has 0 heterocycles. The van der Waals surface area contributed by atoms with Crippen molar-refractivity contribution in [3.63, 3.8) is 0 Å². The van der Waals surface area contributed by atoms with Crippen LogP contribution in [-0.2, 0) is 4.74 Å². The summed E-state index contributed by atoms with van der Waals surface area (Å²) in [6.45, 7) is 5.56. The minimum atomic E-state index is -0.224. The summed E-state index contributed by atoms with van der Waals surface area (Å²) in [4.78, 5) is 6.47. The van der Waals surface area contributed by atoms with E-state index >= 15 is 0 Å². The molecule has 23 heavy (non-hydrogen) atoms. The van der Waals surface area contributed by atoms with Crippen LogP contribution >= 0.6 is 24.0 Å². The second-order valence-electron chi connectivity index (χ2n) is 6.16. The van der Waals surface area contributed by atoms with Gasteiger partial charge >= 0.3 is 0 Å². The number of hydrogen-bond donors (Lipinski definition) is 2. The molecule has 0 saturated heterocycles. The fourth-order valence-electron chi connectivity index (χ4n) is 2.06. The third-order valence-corrected chi connectivity index (χ3v) is 3.73. The molecule has 0 aliphatic heterocycles. The first-order chi connectivity index (χ1) is 10.4. The van der Waals surface area contributed by atoms with E-state index in [9.17, 15) is 0 Å². The molecule has 0 radical (unpaired) electrons. The summed E-state index contributed by atoms with van der Waals surface area (Å²) in [6, 6.07) is 10.8. The number of benzene rings is 1. The van der Waals surface area contributed by atoms with Crippen molar-refractivity contribution in [2.45, 2.75) is 25.5 Å². The smallest absolute Gasteiger partial charge is 0.191 e. The molecule has 2 N–H and O–H groups in total. The summed E-state index contributed by atoms with van der Waals surface area (Å²) in [5.74, 6) is 0.785. The van der Waals surface area contributed by atoms with Gasteiger partial charge in [-0.25, -0.2) is 0 Å². The van der Waals surface area contributed by atoms with Crippen LogP contribution in [-0.4, -0.2) is 57.8 Å². The Morgan fingerprint density at radius 2 is 1.83 bits per heavy atom. The first-order valence-corrected chi connectivity index (χ1v) is 7.60. The molecule has 6 heteroatoms. The van der Waals surface area contributed by atoms with Crippen molar-refractivity contribution < 1.29 is 4.74 Å². The summed E-state index contributed by atoms with van der Waals surface area (Å²) in [7, 11) is 7.67. The number of aliphatic imine (C=N–C) groups is 1. The molecule has 1 aromatic carbocycles. The van der Waals surface area contributed by atoms with Crippen molar-refractivity contribution in [1.82, 2.24) is 15.5 Å². The Kier molecular flexibility index (Phi) is 10.4. The number of methoxy groups -OCH3 is 1. The lowest BCUT2D eigenvalue weighted by Gasteiger charge is -2.27. The van der Waals surface area contributed by atoms with Crippen LogP contribution < -0.4 is 10.6 Å². The van der Waals surface area contributed by atoms with Gasteiger partial charge in [-0.1, -0.05) is 30.3 Å². The molecule has 1 rings (SSSR count). The topological polar surface area (TPSA) is 48.9 Å². The van der Waals surface area contributed by atoms with Crippen LogP contribution in [0.5, 0.6) is 0 Å². The van der Waals surface area contributed by atoms with Crippen molar-refractivity contribution >= 4 is 29.9 Å². The average molecular weight is 434 g/mol. The quantitative estimate of drug-likeness (QED) is 0.394. The Morgan fingerprint density at radius 3 is 2.30 bits per heavy atom. The third kappa shape index (κ3) is 7.99. The molecule has 0 bridgehead atoms. The zero-order chi connectivity index (χ0) is 16.6. The Labute approximate surface area is 157 Å². The van der Waals surface area contributed by atoms with E-state index in [0.29, 0.717) is 6.54 Å². The Bertz CT molecular complexity index is 463. The maximum atomic E-state index is 5.41. The zero-order valence-corrected chi connectivity index (χ0v) is 17.4. The largest absolute Gasteiger partial charge is 0.377 e. The van der Waals surface area contributed by atoms with Gasteiger partial charge in [-0.15, -0.1) is 24.0 Å². The van der Waals surface area contributed by atoms with Gasteiger partial charge in [0.05, 0.1) is 11.6 Å². The summed E-state index contributed by atoms with van der Waals surface area (Å²) in [6.07, 6.45) is 0. The molecule has 0 spiro atoms. The lowest BCUT2D eigenvalue weighted by atomic mass is 10.1. The molecule has 0 amide bonds. The van der Waals surface area contributed by atoms with E-state index in [1.807, 2.05) is 19.9 Å². The van der Waals surface area contributed by atoms with E-state index in [-0.39, 0.29) is 35.6 Å². The predicted octanol–water partition coefficient (Wildman–Crippen LogP) is 2.50. The summed E-state index contributed by atoms with van der Waals surface area (Å²) < 4.78 is 5.41. The number of hydrogen-bond acceptors (Lipinski definition) is 3. The number of rotatable bonds is 7. The molecule has 0 saturated carbocycles. The molecule has 0 fully saturated rings. The second kappa shape index (κ2) is 10.8. The summed E-state index contributed by atoms with van der Waals surface area (Å²) in [5, 5.41) is 6.69. The average Bonchev–Trinajstić information content (AvgIpc) is 2.51. The maximum Gasteiger partial charge on any atom is 0.191 e. The molecule has 1 aromatic rings. The Hall–Kier alpha value is -0.860. The number of halogens is 1. The number of nitrogens with zero attached hydrogens (tertiary/aromatic N) is 2. The van der Waals surface area contributed by atoms with Crippen LogP contribution in [0.2, 0.25) is 0 Å². The highest BCUT2D eigenvalue weighted by molar-refractivity contribution is 14.0. The van der Waals surface area contributed by atoms with Crippen molar-refractivity contribution in [2.24, 2.45) is 4.99 Å². The number of likely N-dealkylation sites (N-methyl/N-ethyl adjacent to an activating group) is 1. The van der Waals surface area contributed by atoms with Crippen molar-refractivity contribution in [2.75, 3.05) is 41.3 Å². The van der Waals surface area contributed by atoms with E-state index in [1.165, 1.54) is 5.56 Å².